The number of aromatic nitrogens is 2. The fourth-order valence-electron chi connectivity index (χ4n) is 2.85. The van der Waals surface area contributed by atoms with Gasteiger partial charge in [-0.05, 0) is 18.9 Å². The zero-order chi connectivity index (χ0) is 17.7. The molecule has 2 aromatic rings. The molecule has 130 valence electrons. The van der Waals surface area contributed by atoms with E-state index in [0.717, 1.165) is 12.8 Å². The van der Waals surface area contributed by atoms with Crippen molar-refractivity contribution in [3.8, 4) is 0 Å². The number of carbonyl (C=O) groups is 1. The second kappa shape index (κ2) is 7.39. The first kappa shape index (κ1) is 17.9. The molecule has 0 spiro atoms. The van der Waals surface area contributed by atoms with Crippen molar-refractivity contribution < 1.29 is 14.8 Å². The minimum atomic E-state index is -0.947. The van der Waals surface area contributed by atoms with Gasteiger partial charge >= 0.3 is 0 Å². The molecule has 24 heavy (non-hydrogen) atoms. The molecule has 0 saturated heterocycles. The first-order valence-electron chi connectivity index (χ1n) is 8.03. The summed E-state index contributed by atoms with van der Waals surface area (Å²) in [7, 11) is 0. The summed E-state index contributed by atoms with van der Waals surface area (Å²) in [6.45, 7) is 4.07. The van der Waals surface area contributed by atoms with Gasteiger partial charge in [-0.1, -0.05) is 26.7 Å². The summed E-state index contributed by atoms with van der Waals surface area (Å²) in [4.78, 5) is 22.8. The molecule has 8 heteroatoms. The van der Waals surface area contributed by atoms with Crippen LogP contribution in [0.4, 0.5) is 5.69 Å². The molecule has 1 amide bonds. The van der Waals surface area contributed by atoms with E-state index < -0.39 is 16.4 Å². The molecule has 0 aliphatic carbocycles. The zero-order valence-electron chi connectivity index (χ0n) is 13.8. The van der Waals surface area contributed by atoms with Gasteiger partial charge in [-0.15, -0.1) is 0 Å². The number of aromatic amines is 1. The minimum Gasteiger partial charge on any atom is -0.388 e. The van der Waals surface area contributed by atoms with Gasteiger partial charge in [0.25, 0.3) is 11.6 Å². The fourth-order valence-corrected chi connectivity index (χ4v) is 2.85. The van der Waals surface area contributed by atoms with Gasteiger partial charge < -0.3 is 10.4 Å². The van der Waals surface area contributed by atoms with Gasteiger partial charge in [-0.3, -0.25) is 20.0 Å². The number of nitro groups is 1. The maximum Gasteiger partial charge on any atom is 0.272 e. The predicted molar refractivity (Wildman–Crippen MR) is 89.8 cm³/mol. The molecule has 1 aromatic heterocycles. The van der Waals surface area contributed by atoms with E-state index in [9.17, 15) is 20.0 Å². The number of H-pyrrole nitrogens is 1. The number of hydrogen-bond acceptors (Lipinski definition) is 5. The Morgan fingerprint density at radius 3 is 2.62 bits per heavy atom. The summed E-state index contributed by atoms with van der Waals surface area (Å²) in [5.74, 6) is -0.465. The molecule has 0 saturated carbocycles. The van der Waals surface area contributed by atoms with Crippen molar-refractivity contribution in [3.05, 3.63) is 34.0 Å². The van der Waals surface area contributed by atoms with Crippen molar-refractivity contribution in [2.45, 2.75) is 45.1 Å². The number of carbonyl (C=O) groups excluding carboxylic acids is 1. The number of benzene rings is 1. The number of nitrogens with zero attached hydrogens (tertiary/aromatic N) is 2. The van der Waals surface area contributed by atoms with Gasteiger partial charge in [0, 0.05) is 24.1 Å². The number of fused-ring (bicyclic) bond motifs is 1. The molecular formula is C16H22N4O4. The molecule has 0 radical (unpaired) electrons. The van der Waals surface area contributed by atoms with Gasteiger partial charge in [0.05, 0.1) is 16.0 Å². The van der Waals surface area contributed by atoms with Gasteiger partial charge in [0.2, 0.25) is 0 Å². The maximum atomic E-state index is 12.4. The highest BCUT2D eigenvalue weighted by Gasteiger charge is 2.26. The summed E-state index contributed by atoms with van der Waals surface area (Å²) in [5.41, 5.74) is -0.421. The molecule has 0 aliphatic rings. The molecule has 0 atom stereocenters. The van der Waals surface area contributed by atoms with Crippen molar-refractivity contribution in [2.75, 3.05) is 6.54 Å². The zero-order valence-corrected chi connectivity index (χ0v) is 13.8. The van der Waals surface area contributed by atoms with Gasteiger partial charge in [0.15, 0.2) is 5.69 Å². The molecule has 0 aliphatic heterocycles. The SMILES string of the molecule is CCCC(O)(CCC)CNC(=O)c1n[nH]c2ccc([N+](=O)[O-])cc12. The van der Waals surface area contributed by atoms with E-state index >= 15 is 0 Å². The smallest absolute Gasteiger partial charge is 0.272 e. The highest BCUT2D eigenvalue weighted by Crippen LogP contribution is 2.23. The quantitative estimate of drug-likeness (QED) is 0.506. The lowest BCUT2D eigenvalue weighted by atomic mass is 9.92. The number of non-ortho nitro benzene ring substituents is 1. The lowest BCUT2D eigenvalue weighted by Gasteiger charge is -2.27. The summed E-state index contributed by atoms with van der Waals surface area (Å²) in [5, 5.41) is 31.2. The summed E-state index contributed by atoms with van der Waals surface area (Å²) in [6.07, 6.45) is 2.80. The van der Waals surface area contributed by atoms with E-state index in [4.69, 9.17) is 0 Å². The Morgan fingerprint density at radius 2 is 2.04 bits per heavy atom. The third kappa shape index (κ3) is 3.88. The molecule has 1 heterocycles. The van der Waals surface area contributed by atoms with Crippen LogP contribution in [0.3, 0.4) is 0 Å². The van der Waals surface area contributed by atoms with E-state index in [1.165, 1.54) is 18.2 Å². The van der Waals surface area contributed by atoms with E-state index in [1.807, 2.05) is 13.8 Å². The summed E-state index contributed by atoms with van der Waals surface area (Å²) in [6, 6.07) is 4.18. The Balaban J connectivity index is 2.19. The minimum absolute atomic E-state index is 0.0871. The average molecular weight is 334 g/mol. The first-order valence-corrected chi connectivity index (χ1v) is 8.03. The Morgan fingerprint density at radius 1 is 1.38 bits per heavy atom. The Kier molecular flexibility index (Phi) is 5.50. The number of aliphatic hydroxyl groups is 1. The first-order chi connectivity index (χ1) is 11.4. The van der Waals surface area contributed by atoms with Crippen LogP contribution in [0, 0.1) is 10.1 Å². The number of hydrogen-bond donors (Lipinski definition) is 3. The molecule has 3 N–H and O–H groups in total. The number of nitrogens with one attached hydrogen (secondary N) is 2. The highest BCUT2D eigenvalue weighted by atomic mass is 16.6. The predicted octanol–water partition coefficient (Wildman–Crippen LogP) is 2.53. The van der Waals surface area contributed by atoms with Crippen LogP contribution in [-0.2, 0) is 0 Å². The van der Waals surface area contributed by atoms with Crippen LogP contribution < -0.4 is 5.32 Å². The van der Waals surface area contributed by atoms with Crippen LogP contribution in [0.1, 0.15) is 50.0 Å². The van der Waals surface area contributed by atoms with Crippen LogP contribution in [0.5, 0.6) is 0 Å². The van der Waals surface area contributed by atoms with Gasteiger partial charge in [-0.25, -0.2) is 0 Å². The topological polar surface area (TPSA) is 121 Å². The van der Waals surface area contributed by atoms with Crippen LogP contribution >= 0.6 is 0 Å². The second-order valence-corrected chi connectivity index (χ2v) is 5.97. The van der Waals surface area contributed by atoms with Crippen molar-refractivity contribution in [1.82, 2.24) is 15.5 Å². The number of rotatable bonds is 8. The van der Waals surface area contributed by atoms with E-state index in [1.54, 1.807) is 0 Å². The fraction of sp³-hybridized carbons (Fsp3) is 0.500. The van der Waals surface area contributed by atoms with Gasteiger partial charge in [0.1, 0.15) is 0 Å². The molecule has 8 nitrogen and oxygen atoms in total. The van der Waals surface area contributed by atoms with E-state index in [-0.39, 0.29) is 17.9 Å². The molecular weight excluding hydrogens is 312 g/mol. The molecule has 0 fully saturated rings. The van der Waals surface area contributed by atoms with Gasteiger partial charge in [-0.2, -0.15) is 5.10 Å². The summed E-state index contributed by atoms with van der Waals surface area (Å²) < 4.78 is 0. The highest BCUT2D eigenvalue weighted by molar-refractivity contribution is 6.05. The lowest BCUT2D eigenvalue weighted by molar-refractivity contribution is -0.384. The second-order valence-electron chi connectivity index (χ2n) is 5.97. The van der Waals surface area contributed by atoms with Crippen LogP contribution in [0.25, 0.3) is 10.9 Å². The van der Waals surface area contributed by atoms with E-state index in [2.05, 4.69) is 15.5 Å². The van der Waals surface area contributed by atoms with Crippen molar-refractivity contribution in [3.63, 3.8) is 0 Å². The van der Waals surface area contributed by atoms with Crippen molar-refractivity contribution in [1.29, 1.82) is 0 Å². The van der Waals surface area contributed by atoms with Crippen LogP contribution in [0.15, 0.2) is 18.2 Å². The monoisotopic (exact) mass is 334 g/mol. The average Bonchev–Trinajstić information content (AvgIpc) is 2.96. The number of nitro benzene ring substituents is 1. The molecule has 1 aromatic carbocycles. The number of amides is 1. The third-order valence-corrected chi connectivity index (χ3v) is 3.98. The Labute approximate surface area is 139 Å². The largest absolute Gasteiger partial charge is 0.388 e. The summed E-state index contributed by atoms with van der Waals surface area (Å²) >= 11 is 0. The van der Waals surface area contributed by atoms with Crippen LogP contribution in [-0.4, -0.2) is 38.3 Å². The maximum absolute atomic E-state index is 12.4. The lowest BCUT2D eigenvalue weighted by Crippen LogP contribution is -2.43. The Hall–Kier alpha value is -2.48. The standard InChI is InChI=1S/C16H22N4O4/c1-3-7-16(22,8-4-2)10-17-15(21)14-12-9-11(20(23)24)5-6-13(12)18-19-14/h5-6,9,22H,3-4,7-8,10H2,1-2H3,(H,17,21)(H,18,19). The van der Waals surface area contributed by atoms with Crippen molar-refractivity contribution in [2.24, 2.45) is 0 Å². The molecule has 2 rings (SSSR count). The van der Waals surface area contributed by atoms with Crippen molar-refractivity contribution >= 4 is 22.5 Å². The Bertz CT molecular complexity index is 735. The van der Waals surface area contributed by atoms with E-state index in [0.29, 0.717) is 23.7 Å². The molecule has 0 unspecified atom stereocenters. The van der Waals surface area contributed by atoms with Crippen LogP contribution in [0.2, 0.25) is 0 Å². The molecule has 0 bridgehead atoms. The third-order valence-electron chi connectivity index (χ3n) is 3.98. The normalized spacial score (nSPS) is 11.6.